The maximum atomic E-state index is 12.8. The highest BCUT2D eigenvalue weighted by Crippen LogP contribution is 2.67. The second-order valence-corrected chi connectivity index (χ2v) is 11.9. The lowest BCUT2D eigenvalue weighted by Crippen LogP contribution is -2.56. The number of ether oxygens (including phenoxy) is 3. The number of benzene rings is 1. The fraction of sp³-hybridized carbons (Fsp3) is 0.750. The van der Waals surface area contributed by atoms with Gasteiger partial charge in [0, 0.05) is 18.3 Å². The quantitative estimate of drug-likeness (QED) is 0.532. The molecule has 0 aromatic heterocycles. The molecule has 1 aromatic rings. The maximum absolute atomic E-state index is 12.8. The van der Waals surface area contributed by atoms with Gasteiger partial charge in [-0.05, 0) is 86.2 Å². The SMILES string of the molecule is C[C@]12CCC3(C[C@@H]1CC[C@H]1[C@@H]2CC[C@@]2(C)[C@@H](OC(=O)c4ccccc4)CC[C@@H]12)OCCO3. The van der Waals surface area contributed by atoms with E-state index in [1.54, 1.807) is 0 Å². The van der Waals surface area contributed by atoms with Crippen molar-refractivity contribution in [2.45, 2.75) is 83.5 Å². The molecule has 6 rings (SSSR count). The van der Waals surface area contributed by atoms with Gasteiger partial charge in [-0.25, -0.2) is 4.79 Å². The van der Waals surface area contributed by atoms with Gasteiger partial charge in [-0.1, -0.05) is 32.0 Å². The zero-order chi connectivity index (χ0) is 22.0. The average molecular weight is 439 g/mol. The zero-order valence-electron chi connectivity index (χ0n) is 19.7. The van der Waals surface area contributed by atoms with Crippen molar-refractivity contribution >= 4 is 5.97 Å². The molecule has 1 aliphatic heterocycles. The van der Waals surface area contributed by atoms with E-state index in [1.807, 2.05) is 30.3 Å². The zero-order valence-corrected chi connectivity index (χ0v) is 19.7. The number of rotatable bonds is 2. The van der Waals surface area contributed by atoms with Crippen LogP contribution in [0.15, 0.2) is 30.3 Å². The molecule has 7 atom stereocenters. The van der Waals surface area contributed by atoms with E-state index < -0.39 is 0 Å². The summed E-state index contributed by atoms with van der Waals surface area (Å²) >= 11 is 0. The lowest BCUT2D eigenvalue weighted by atomic mass is 9.45. The number of carbonyl (C=O) groups excluding carboxylic acids is 1. The third-order valence-electron chi connectivity index (χ3n) is 10.7. The topological polar surface area (TPSA) is 44.8 Å². The highest BCUT2D eigenvalue weighted by atomic mass is 16.7. The number of hydrogen-bond donors (Lipinski definition) is 0. The molecule has 5 aliphatic rings. The third-order valence-corrected chi connectivity index (χ3v) is 10.7. The second-order valence-electron chi connectivity index (χ2n) is 11.9. The summed E-state index contributed by atoms with van der Waals surface area (Å²) in [5.41, 5.74) is 1.21. The third kappa shape index (κ3) is 3.12. The number of carbonyl (C=O) groups is 1. The molecule has 4 heteroatoms. The molecule has 4 saturated carbocycles. The van der Waals surface area contributed by atoms with Crippen LogP contribution in [0.4, 0.5) is 0 Å². The van der Waals surface area contributed by atoms with Gasteiger partial charge in [0.2, 0.25) is 0 Å². The smallest absolute Gasteiger partial charge is 0.338 e. The molecule has 0 bridgehead atoms. The first-order valence-electron chi connectivity index (χ1n) is 13.0. The molecule has 1 aromatic carbocycles. The first-order valence-corrected chi connectivity index (χ1v) is 13.0. The summed E-state index contributed by atoms with van der Waals surface area (Å²) in [6.45, 7) is 6.53. The van der Waals surface area contributed by atoms with Crippen molar-refractivity contribution in [2.24, 2.45) is 34.5 Å². The van der Waals surface area contributed by atoms with Crippen LogP contribution in [0.2, 0.25) is 0 Å². The van der Waals surface area contributed by atoms with E-state index >= 15 is 0 Å². The van der Waals surface area contributed by atoms with Crippen LogP contribution in [0.1, 0.15) is 82.0 Å². The predicted octanol–water partition coefficient (Wildman–Crippen LogP) is 6.00. The van der Waals surface area contributed by atoms with Gasteiger partial charge in [0.05, 0.1) is 18.8 Å². The molecular weight excluding hydrogens is 400 g/mol. The van der Waals surface area contributed by atoms with Gasteiger partial charge in [0.15, 0.2) is 5.79 Å². The first-order chi connectivity index (χ1) is 15.4. The minimum Gasteiger partial charge on any atom is -0.458 e. The Balaban J connectivity index is 1.19. The van der Waals surface area contributed by atoms with Crippen LogP contribution in [0.5, 0.6) is 0 Å². The Morgan fingerprint density at radius 2 is 1.62 bits per heavy atom. The van der Waals surface area contributed by atoms with Crippen LogP contribution < -0.4 is 0 Å². The van der Waals surface area contributed by atoms with E-state index in [-0.39, 0.29) is 23.3 Å². The van der Waals surface area contributed by atoms with Gasteiger partial charge in [-0.15, -0.1) is 0 Å². The van der Waals surface area contributed by atoms with Crippen molar-refractivity contribution in [3.05, 3.63) is 35.9 Å². The molecule has 0 amide bonds. The summed E-state index contributed by atoms with van der Waals surface area (Å²) in [4.78, 5) is 12.8. The summed E-state index contributed by atoms with van der Waals surface area (Å²) in [5.74, 6) is 2.54. The molecule has 4 aliphatic carbocycles. The molecule has 1 saturated heterocycles. The first kappa shape index (κ1) is 21.2. The molecule has 0 radical (unpaired) electrons. The Bertz CT molecular complexity index is 861. The Morgan fingerprint density at radius 1 is 0.875 bits per heavy atom. The fourth-order valence-electron chi connectivity index (χ4n) is 8.87. The van der Waals surface area contributed by atoms with Gasteiger partial charge < -0.3 is 14.2 Å². The molecule has 1 heterocycles. The molecular formula is C28H38O4. The lowest BCUT2D eigenvalue weighted by molar-refractivity contribution is -0.230. The van der Waals surface area contributed by atoms with Crippen molar-refractivity contribution in [3.63, 3.8) is 0 Å². The van der Waals surface area contributed by atoms with Crippen molar-refractivity contribution in [3.8, 4) is 0 Å². The minimum absolute atomic E-state index is 0.0570. The summed E-state index contributed by atoms with van der Waals surface area (Å²) in [7, 11) is 0. The standard InChI is InChI=1S/C28H38O4/c1-26-14-15-28(30-16-17-31-28)18-20(26)8-9-21-22-10-11-24(27(22,2)13-12-23(21)26)32-25(29)19-6-4-3-5-7-19/h3-7,20-24H,8-18H2,1-2H3/t20-,21+,22-,23-,24-,26-,27+/m0/s1. The van der Waals surface area contributed by atoms with Gasteiger partial charge >= 0.3 is 5.97 Å². The van der Waals surface area contributed by atoms with E-state index in [9.17, 15) is 4.79 Å². The molecule has 0 N–H and O–H groups in total. The minimum atomic E-state index is -0.274. The molecule has 5 fully saturated rings. The van der Waals surface area contributed by atoms with Crippen LogP contribution in [0.25, 0.3) is 0 Å². The Morgan fingerprint density at radius 3 is 2.41 bits per heavy atom. The number of esters is 1. The number of fused-ring (bicyclic) bond motifs is 5. The fourth-order valence-corrected chi connectivity index (χ4v) is 8.87. The van der Waals surface area contributed by atoms with E-state index in [2.05, 4.69) is 13.8 Å². The highest BCUT2D eigenvalue weighted by molar-refractivity contribution is 5.89. The largest absolute Gasteiger partial charge is 0.458 e. The summed E-state index contributed by atoms with van der Waals surface area (Å²) in [6, 6.07) is 9.50. The molecule has 4 nitrogen and oxygen atoms in total. The van der Waals surface area contributed by atoms with E-state index in [0.717, 1.165) is 44.3 Å². The van der Waals surface area contributed by atoms with Crippen LogP contribution in [0, 0.1) is 34.5 Å². The van der Waals surface area contributed by atoms with Crippen LogP contribution >= 0.6 is 0 Å². The van der Waals surface area contributed by atoms with Crippen molar-refractivity contribution in [1.82, 2.24) is 0 Å². The van der Waals surface area contributed by atoms with Crippen molar-refractivity contribution in [2.75, 3.05) is 13.2 Å². The summed E-state index contributed by atoms with van der Waals surface area (Å²) < 4.78 is 18.4. The van der Waals surface area contributed by atoms with E-state index in [1.165, 1.54) is 38.5 Å². The maximum Gasteiger partial charge on any atom is 0.338 e. The second kappa shape index (κ2) is 7.56. The Labute approximate surface area is 192 Å². The van der Waals surface area contributed by atoms with Crippen LogP contribution in [0.3, 0.4) is 0 Å². The van der Waals surface area contributed by atoms with Crippen LogP contribution in [-0.2, 0) is 14.2 Å². The lowest BCUT2D eigenvalue weighted by Gasteiger charge is -2.61. The molecule has 32 heavy (non-hydrogen) atoms. The molecule has 1 spiro atoms. The van der Waals surface area contributed by atoms with E-state index in [4.69, 9.17) is 14.2 Å². The summed E-state index contributed by atoms with van der Waals surface area (Å²) in [5, 5.41) is 0. The number of hydrogen-bond acceptors (Lipinski definition) is 4. The Hall–Kier alpha value is -1.39. The highest BCUT2D eigenvalue weighted by Gasteiger charge is 2.62. The summed E-state index contributed by atoms with van der Waals surface area (Å²) in [6.07, 6.45) is 10.7. The normalized spacial score (nSPS) is 44.5. The van der Waals surface area contributed by atoms with Gasteiger partial charge in [-0.2, -0.15) is 0 Å². The molecule has 174 valence electrons. The van der Waals surface area contributed by atoms with Gasteiger partial charge in [-0.3, -0.25) is 0 Å². The Kier molecular flexibility index (Phi) is 5.00. The monoisotopic (exact) mass is 438 g/mol. The average Bonchev–Trinajstić information content (AvgIpc) is 3.39. The van der Waals surface area contributed by atoms with Gasteiger partial charge in [0.1, 0.15) is 6.10 Å². The molecule has 0 unspecified atom stereocenters. The predicted molar refractivity (Wildman–Crippen MR) is 122 cm³/mol. The van der Waals surface area contributed by atoms with E-state index in [0.29, 0.717) is 22.8 Å². The van der Waals surface area contributed by atoms with Gasteiger partial charge in [0.25, 0.3) is 0 Å². The van der Waals surface area contributed by atoms with Crippen LogP contribution in [-0.4, -0.2) is 31.1 Å². The van der Waals surface area contributed by atoms with Crippen molar-refractivity contribution in [1.29, 1.82) is 0 Å². The van der Waals surface area contributed by atoms with Crippen molar-refractivity contribution < 1.29 is 19.0 Å².